The number of benzene rings is 1. The third-order valence-electron chi connectivity index (χ3n) is 4.70. The molecule has 3 rings (SSSR count). The van der Waals surface area contributed by atoms with Crippen molar-refractivity contribution in [3.8, 4) is 16.9 Å². The van der Waals surface area contributed by atoms with Crippen molar-refractivity contribution in [2.45, 2.75) is 39.0 Å². The normalized spacial score (nSPS) is 11.4. The molecule has 3 aromatic rings. The fourth-order valence-electron chi connectivity index (χ4n) is 3.24. The van der Waals surface area contributed by atoms with Gasteiger partial charge in [-0.1, -0.05) is 20.8 Å². The number of nitrogens with zero attached hydrogens (tertiary/aromatic N) is 2. The van der Waals surface area contributed by atoms with Gasteiger partial charge in [-0.3, -0.25) is 4.79 Å². The number of nitrogens with one attached hydrogen (secondary N) is 1. The zero-order valence-corrected chi connectivity index (χ0v) is 16.7. The highest BCUT2D eigenvalue weighted by Gasteiger charge is 2.23. The molecular formula is C22H26N4O2. The Balaban J connectivity index is 2.08. The molecule has 2 aromatic heterocycles. The van der Waals surface area contributed by atoms with Crippen LogP contribution in [0.5, 0.6) is 5.75 Å². The Labute approximate surface area is 164 Å². The first-order chi connectivity index (χ1) is 13.3. The summed E-state index contributed by atoms with van der Waals surface area (Å²) in [5.41, 5.74) is 9.85. The predicted octanol–water partition coefficient (Wildman–Crippen LogP) is 3.51. The first-order valence-electron chi connectivity index (χ1n) is 9.27. The van der Waals surface area contributed by atoms with E-state index in [0.29, 0.717) is 24.2 Å². The average molecular weight is 378 g/mol. The molecule has 1 aromatic carbocycles. The number of aromatic nitrogens is 3. The number of aryl methyl sites for hydroxylation is 2. The van der Waals surface area contributed by atoms with Crippen LogP contribution >= 0.6 is 0 Å². The largest absolute Gasteiger partial charge is 0.496 e. The molecule has 6 heteroatoms. The number of nitrogens with two attached hydrogens (primary N) is 1. The molecule has 0 atom stereocenters. The lowest BCUT2D eigenvalue weighted by atomic mass is 9.82. The van der Waals surface area contributed by atoms with E-state index >= 15 is 0 Å². The Kier molecular flexibility index (Phi) is 5.49. The van der Waals surface area contributed by atoms with E-state index in [1.807, 2.05) is 24.3 Å². The fraction of sp³-hybridized carbons (Fsp3) is 0.318. The molecule has 0 radical (unpaired) electrons. The monoisotopic (exact) mass is 378 g/mol. The maximum absolute atomic E-state index is 12.3. The number of pyridine rings is 1. The highest BCUT2D eigenvalue weighted by atomic mass is 16.5. The van der Waals surface area contributed by atoms with Crippen LogP contribution in [0.3, 0.4) is 0 Å². The maximum Gasteiger partial charge on any atom is 0.255 e. The number of rotatable bonds is 5. The molecule has 0 aliphatic heterocycles. The summed E-state index contributed by atoms with van der Waals surface area (Å²) in [6, 6.07) is 11.4. The van der Waals surface area contributed by atoms with Crippen LogP contribution in [0.25, 0.3) is 11.1 Å². The van der Waals surface area contributed by atoms with Crippen LogP contribution in [-0.2, 0) is 18.3 Å². The molecule has 0 amide bonds. The number of H-pyrrole nitrogens is 1. The quantitative estimate of drug-likeness (QED) is 0.709. The minimum Gasteiger partial charge on any atom is -0.496 e. The summed E-state index contributed by atoms with van der Waals surface area (Å²) in [4.78, 5) is 15.1. The van der Waals surface area contributed by atoms with Crippen LogP contribution in [0.2, 0.25) is 0 Å². The number of aromatic amines is 1. The predicted molar refractivity (Wildman–Crippen MR) is 112 cm³/mol. The van der Waals surface area contributed by atoms with E-state index in [0.717, 1.165) is 28.1 Å². The van der Waals surface area contributed by atoms with Crippen LogP contribution in [-0.4, -0.2) is 22.3 Å². The third-order valence-corrected chi connectivity index (χ3v) is 4.70. The second-order valence-electron chi connectivity index (χ2n) is 7.83. The van der Waals surface area contributed by atoms with Crippen LogP contribution in [0, 0.1) is 0 Å². The first kappa shape index (κ1) is 19.6. The number of ether oxygens (including phenoxy) is 1. The van der Waals surface area contributed by atoms with Crippen LogP contribution in [0.4, 0.5) is 5.82 Å². The Morgan fingerprint density at radius 1 is 1.11 bits per heavy atom. The Morgan fingerprint density at radius 3 is 2.50 bits per heavy atom. The molecule has 146 valence electrons. The lowest BCUT2D eigenvalue weighted by Gasteiger charge is -2.25. The van der Waals surface area contributed by atoms with E-state index in [4.69, 9.17) is 10.5 Å². The van der Waals surface area contributed by atoms with E-state index in [1.165, 1.54) is 0 Å². The van der Waals surface area contributed by atoms with Gasteiger partial charge in [-0.2, -0.15) is 5.10 Å². The summed E-state index contributed by atoms with van der Waals surface area (Å²) in [5.74, 6) is 1.26. The highest BCUT2D eigenvalue weighted by molar-refractivity contribution is 5.67. The van der Waals surface area contributed by atoms with Gasteiger partial charge in [0.25, 0.3) is 5.56 Å². The summed E-state index contributed by atoms with van der Waals surface area (Å²) >= 11 is 0. The number of hydrogen-bond donors (Lipinski definition) is 2. The standard InChI is InChI=1S/C22H26N4O2/c1-22(2,3)18-13-15(17-6-5-11-24-21(17)27)12-14(20(18)28-4)7-8-16-9-10-19(23)26-25-16/h5-6,9-13H,7-8H2,1-4H3,(H2,23,26)(H,24,27). The zero-order chi connectivity index (χ0) is 20.3. The summed E-state index contributed by atoms with van der Waals surface area (Å²) in [5, 5.41) is 8.06. The van der Waals surface area contributed by atoms with Crippen molar-refractivity contribution in [2.75, 3.05) is 12.8 Å². The lowest BCUT2D eigenvalue weighted by Crippen LogP contribution is -2.16. The van der Waals surface area contributed by atoms with E-state index in [-0.39, 0.29) is 11.0 Å². The van der Waals surface area contributed by atoms with Gasteiger partial charge in [0.2, 0.25) is 0 Å². The van der Waals surface area contributed by atoms with Crippen molar-refractivity contribution in [1.29, 1.82) is 0 Å². The molecule has 0 saturated carbocycles. The van der Waals surface area contributed by atoms with E-state index < -0.39 is 0 Å². The van der Waals surface area contributed by atoms with Gasteiger partial charge in [-0.25, -0.2) is 0 Å². The van der Waals surface area contributed by atoms with Gasteiger partial charge in [0.05, 0.1) is 12.8 Å². The van der Waals surface area contributed by atoms with Crippen molar-refractivity contribution >= 4 is 5.82 Å². The molecule has 3 N–H and O–H groups in total. The van der Waals surface area contributed by atoms with Gasteiger partial charge in [0.15, 0.2) is 0 Å². The topological polar surface area (TPSA) is 93.9 Å². The molecule has 28 heavy (non-hydrogen) atoms. The van der Waals surface area contributed by atoms with Crippen LogP contribution in [0.1, 0.15) is 37.6 Å². The molecule has 0 spiro atoms. The summed E-state index contributed by atoms with van der Waals surface area (Å²) in [6.45, 7) is 6.41. The minimum atomic E-state index is -0.140. The summed E-state index contributed by atoms with van der Waals surface area (Å²) < 4.78 is 5.79. The summed E-state index contributed by atoms with van der Waals surface area (Å²) in [6.07, 6.45) is 3.05. The van der Waals surface area contributed by atoms with E-state index in [1.54, 1.807) is 19.4 Å². The van der Waals surface area contributed by atoms with Crippen LogP contribution in [0.15, 0.2) is 47.4 Å². The maximum atomic E-state index is 12.3. The molecule has 0 aliphatic carbocycles. The SMILES string of the molecule is COc1c(CCc2ccc(N)nn2)cc(-c2ccc[nH]c2=O)cc1C(C)(C)C. The number of methoxy groups -OCH3 is 1. The van der Waals surface area contributed by atoms with E-state index in [2.05, 4.69) is 42.0 Å². The van der Waals surface area contributed by atoms with Crippen molar-refractivity contribution in [3.05, 3.63) is 69.8 Å². The lowest BCUT2D eigenvalue weighted by molar-refractivity contribution is 0.392. The van der Waals surface area contributed by atoms with Crippen molar-refractivity contribution in [3.63, 3.8) is 0 Å². The summed E-state index contributed by atoms with van der Waals surface area (Å²) in [7, 11) is 1.69. The Bertz CT molecular complexity index is 1020. The van der Waals surface area contributed by atoms with Crippen LogP contribution < -0.4 is 16.0 Å². The van der Waals surface area contributed by atoms with Gasteiger partial charge in [-0.05, 0) is 65.8 Å². The van der Waals surface area contributed by atoms with Gasteiger partial charge in [0, 0.05) is 17.3 Å². The second kappa shape index (κ2) is 7.84. The van der Waals surface area contributed by atoms with Gasteiger partial charge in [0.1, 0.15) is 11.6 Å². The number of anilines is 1. The molecule has 6 nitrogen and oxygen atoms in total. The van der Waals surface area contributed by atoms with Gasteiger partial charge in [-0.15, -0.1) is 5.10 Å². The smallest absolute Gasteiger partial charge is 0.255 e. The molecule has 2 heterocycles. The first-order valence-corrected chi connectivity index (χ1v) is 9.27. The van der Waals surface area contributed by atoms with Crippen molar-refractivity contribution in [2.24, 2.45) is 0 Å². The molecule has 0 fully saturated rings. The third kappa shape index (κ3) is 4.22. The number of hydrogen-bond acceptors (Lipinski definition) is 5. The van der Waals surface area contributed by atoms with E-state index in [9.17, 15) is 4.79 Å². The Hall–Kier alpha value is -3.15. The van der Waals surface area contributed by atoms with Gasteiger partial charge < -0.3 is 15.5 Å². The molecule has 0 aliphatic rings. The molecule has 0 bridgehead atoms. The zero-order valence-electron chi connectivity index (χ0n) is 16.7. The molecule has 0 saturated heterocycles. The minimum absolute atomic E-state index is 0.108. The fourth-order valence-corrected chi connectivity index (χ4v) is 3.24. The average Bonchev–Trinajstić information content (AvgIpc) is 2.66. The molecular weight excluding hydrogens is 352 g/mol. The molecule has 0 unspecified atom stereocenters. The Morgan fingerprint density at radius 2 is 1.89 bits per heavy atom. The van der Waals surface area contributed by atoms with Crippen molar-refractivity contribution in [1.82, 2.24) is 15.2 Å². The van der Waals surface area contributed by atoms with Gasteiger partial charge >= 0.3 is 0 Å². The van der Waals surface area contributed by atoms with Crippen molar-refractivity contribution < 1.29 is 4.74 Å². The highest BCUT2D eigenvalue weighted by Crippen LogP contribution is 2.38. The second-order valence-corrected chi connectivity index (χ2v) is 7.83. The number of nitrogen functional groups attached to an aromatic ring is 1.